The summed E-state index contributed by atoms with van der Waals surface area (Å²) in [4.78, 5) is 11.4. The van der Waals surface area contributed by atoms with Gasteiger partial charge >= 0.3 is 12.1 Å². The molecule has 1 aliphatic heterocycles. The van der Waals surface area contributed by atoms with Gasteiger partial charge in [0, 0.05) is 17.8 Å². The third kappa shape index (κ3) is 6.92. The molecule has 3 heterocycles. The topological polar surface area (TPSA) is 111 Å². The number of alkyl halides is 3. The van der Waals surface area contributed by atoms with E-state index >= 15 is 0 Å². The van der Waals surface area contributed by atoms with Gasteiger partial charge in [0.1, 0.15) is 0 Å². The number of nitrogens with zero attached hydrogens (tertiary/aromatic N) is 4. The summed E-state index contributed by atoms with van der Waals surface area (Å²) in [5.74, 6) is -2.04. The van der Waals surface area contributed by atoms with Gasteiger partial charge in [-0.25, -0.2) is 4.79 Å². The number of piperidine rings is 1. The van der Waals surface area contributed by atoms with Crippen molar-refractivity contribution in [2.24, 2.45) is 5.92 Å². The minimum atomic E-state index is -5.08. The van der Waals surface area contributed by atoms with Gasteiger partial charge in [-0.1, -0.05) is 30.3 Å². The van der Waals surface area contributed by atoms with Crippen LogP contribution in [0.4, 0.5) is 13.2 Å². The van der Waals surface area contributed by atoms with Crippen molar-refractivity contribution in [3.05, 3.63) is 54.0 Å². The molecular formula is C20H23F3N6O2. The van der Waals surface area contributed by atoms with Gasteiger partial charge in [-0.2, -0.15) is 33.7 Å². The molecule has 3 N–H and O–H groups in total. The number of carbonyl (C=O) groups is 1. The molecule has 0 unspecified atom stereocenters. The largest absolute Gasteiger partial charge is 0.490 e. The number of rotatable bonds is 5. The standard InChI is InChI=1S/C18H22N6.C2HF3O2/c1-2-4-15(5-3-1)18-11-17(20-22-18)13-24-8-6-14(7-9-24)10-16-12-19-23-21-16;3-2(4,5)1(6)7/h1-5,11-12,14H,6-10,13H2,(H,20,22)(H,19,21,23);(H,6,7). The quantitative estimate of drug-likeness (QED) is 0.566. The Balaban J connectivity index is 0.000000339. The number of aromatic nitrogens is 5. The highest BCUT2D eigenvalue weighted by molar-refractivity contribution is 5.73. The van der Waals surface area contributed by atoms with Crippen LogP contribution in [0.25, 0.3) is 11.3 Å². The average molecular weight is 436 g/mol. The molecule has 8 nitrogen and oxygen atoms in total. The molecule has 0 aliphatic carbocycles. The Hall–Kier alpha value is -3.21. The third-order valence-corrected chi connectivity index (χ3v) is 5.01. The van der Waals surface area contributed by atoms with E-state index in [0.717, 1.165) is 43.0 Å². The van der Waals surface area contributed by atoms with Crippen LogP contribution in [-0.2, 0) is 17.8 Å². The number of carboxylic acid groups (broad SMARTS) is 1. The number of likely N-dealkylation sites (tertiary alicyclic amines) is 1. The van der Waals surface area contributed by atoms with Crippen molar-refractivity contribution in [1.29, 1.82) is 0 Å². The second-order valence-corrected chi connectivity index (χ2v) is 7.33. The molecule has 2 aromatic heterocycles. The smallest absolute Gasteiger partial charge is 0.475 e. The van der Waals surface area contributed by atoms with Crippen LogP contribution in [0.3, 0.4) is 0 Å². The van der Waals surface area contributed by atoms with Gasteiger partial charge in [0.05, 0.1) is 17.6 Å². The molecule has 1 aromatic carbocycles. The predicted molar refractivity (Wildman–Crippen MR) is 106 cm³/mol. The number of aliphatic carboxylic acids is 1. The Bertz CT molecular complexity index is 935. The summed E-state index contributed by atoms with van der Waals surface area (Å²) in [7, 11) is 0. The molecule has 1 saturated heterocycles. The molecule has 0 bridgehead atoms. The van der Waals surface area contributed by atoms with Crippen LogP contribution in [0.15, 0.2) is 42.6 Å². The summed E-state index contributed by atoms with van der Waals surface area (Å²) >= 11 is 0. The maximum atomic E-state index is 10.6. The Morgan fingerprint density at radius 3 is 2.42 bits per heavy atom. The second-order valence-electron chi connectivity index (χ2n) is 7.33. The fraction of sp³-hybridized carbons (Fsp3) is 0.400. The zero-order valence-corrected chi connectivity index (χ0v) is 16.6. The number of H-pyrrole nitrogens is 2. The number of halogens is 3. The Kier molecular flexibility index (Phi) is 7.40. The van der Waals surface area contributed by atoms with Crippen LogP contribution in [0.2, 0.25) is 0 Å². The van der Waals surface area contributed by atoms with E-state index in [0.29, 0.717) is 5.92 Å². The van der Waals surface area contributed by atoms with Crippen molar-refractivity contribution in [3.8, 4) is 11.3 Å². The number of hydrogen-bond donors (Lipinski definition) is 3. The van der Waals surface area contributed by atoms with Crippen molar-refractivity contribution in [1.82, 2.24) is 30.5 Å². The lowest BCUT2D eigenvalue weighted by atomic mass is 9.92. The molecule has 0 radical (unpaired) electrons. The molecule has 0 amide bonds. The Morgan fingerprint density at radius 2 is 1.84 bits per heavy atom. The lowest BCUT2D eigenvalue weighted by molar-refractivity contribution is -0.192. The lowest BCUT2D eigenvalue weighted by Crippen LogP contribution is -2.34. The van der Waals surface area contributed by atoms with Crippen LogP contribution in [-0.4, -0.2) is 60.8 Å². The zero-order valence-electron chi connectivity index (χ0n) is 16.6. The Labute approximate surface area is 176 Å². The molecule has 31 heavy (non-hydrogen) atoms. The predicted octanol–water partition coefficient (Wildman–Crippen LogP) is 3.28. The van der Waals surface area contributed by atoms with Crippen molar-refractivity contribution < 1.29 is 23.1 Å². The summed E-state index contributed by atoms with van der Waals surface area (Å²) in [6.07, 6.45) is 0.216. The first-order chi connectivity index (χ1) is 14.8. The second kappa shape index (κ2) is 10.2. The van der Waals surface area contributed by atoms with Crippen LogP contribution in [0.1, 0.15) is 24.2 Å². The molecule has 0 atom stereocenters. The van der Waals surface area contributed by atoms with Gasteiger partial charge in [-0.3, -0.25) is 10.00 Å². The minimum Gasteiger partial charge on any atom is -0.475 e. The molecule has 0 spiro atoms. The zero-order chi connectivity index (χ0) is 22.3. The summed E-state index contributed by atoms with van der Waals surface area (Å²) in [5.41, 5.74) is 4.44. The van der Waals surface area contributed by atoms with E-state index < -0.39 is 12.1 Å². The highest BCUT2D eigenvalue weighted by Gasteiger charge is 2.38. The fourth-order valence-electron chi connectivity index (χ4n) is 3.41. The maximum Gasteiger partial charge on any atom is 0.490 e. The van der Waals surface area contributed by atoms with Crippen molar-refractivity contribution in [2.75, 3.05) is 13.1 Å². The van der Waals surface area contributed by atoms with Gasteiger partial charge < -0.3 is 5.11 Å². The normalized spacial score (nSPS) is 15.3. The summed E-state index contributed by atoms with van der Waals surface area (Å²) in [5, 5.41) is 25.5. The molecule has 1 fully saturated rings. The van der Waals surface area contributed by atoms with Crippen LogP contribution in [0, 0.1) is 5.92 Å². The van der Waals surface area contributed by atoms with E-state index in [1.807, 2.05) is 24.4 Å². The van der Waals surface area contributed by atoms with Crippen LogP contribution in [0.5, 0.6) is 0 Å². The third-order valence-electron chi connectivity index (χ3n) is 5.01. The molecular weight excluding hydrogens is 413 g/mol. The van der Waals surface area contributed by atoms with Crippen molar-refractivity contribution >= 4 is 5.97 Å². The van der Waals surface area contributed by atoms with Gasteiger partial charge in [0.15, 0.2) is 0 Å². The van der Waals surface area contributed by atoms with Crippen LogP contribution < -0.4 is 0 Å². The first kappa shape index (κ1) is 22.5. The number of hydrogen-bond acceptors (Lipinski definition) is 5. The van der Waals surface area contributed by atoms with Crippen LogP contribution >= 0.6 is 0 Å². The molecule has 0 saturated carbocycles. The van der Waals surface area contributed by atoms with E-state index in [1.165, 1.54) is 18.5 Å². The van der Waals surface area contributed by atoms with Gasteiger partial charge in [0.25, 0.3) is 0 Å². The first-order valence-electron chi connectivity index (χ1n) is 9.78. The van der Waals surface area contributed by atoms with E-state index in [1.54, 1.807) is 0 Å². The highest BCUT2D eigenvalue weighted by Crippen LogP contribution is 2.23. The van der Waals surface area contributed by atoms with Gasteiger partial charge in [-0.15, -0.1) is 0 Å². The molecule has 166 valence electrons. The van der Waals surface area contributed by atoms with E-state index in [9.17, 15) is 13.2 Å². The number of carboxylic acids is 1. The Morgan fingerprint density at radius 1 is 1.16 bits per heavy atom. The van der Waals surface area contributed by atoms with Gasteiger partial charge in [-0.05, 0) is 44.3 Å². The monoisotopic (exact) mass is 436 g/mol. The van der Waals surface area contributed by atoms with Crippen molar-refractivity contribution in [2.45, 2.75) is 32.0 Å². The highest BCUT2D eigenvalue weighted by atomic mass is 19.4. The summed E-state index contributed by atoms with van der Waals surface area (Å²) in [6, 6.07) is 12.5. The first-order valence-corrected chi connectivity index (χ1v) is 9.78. The number of aromatic amines is 2. The molecule has 1 aliphatic rings. The number of benzene rings is 1. The number of nitrogens with one attached hydrogen (secondary N) is 2. The lowest BCUT2D eigenvalue weighted by Gasteiger charge is -2.31. The molecule has 4 rings (SSSR count). The SMILES string of the molecule is O=C(O)C(F)(F)F.c1ccc(-c2cc(CN3CCC(Cc4cn[nH]n4)CC3)[nH]n2)cc1. The van der Waals surface area contributed by atoms with Gasteiger partial charge in [0.2, 0.25) is 0 Å². The average Bonchev–Trinajstić information content (AvgIpc) is 3.42. The molecule has 3 aromatic rings. The summed E-state index contributed by atoms with van der Waals surface area (Å²) in [6.45, 7) is 3.20. The fourth-order valence-corrected chi connectivity index (χ4v) is 3.41. The van der Waals surface area contributed by atoms with E-state index in [4.69, 9.17) is 9.90 Å². The van der Waals surface area contributed by atoms with E-state index in [2.05, 4.69) is 48.7 Å². The molecule has 11 heteroatoms. The van der Waals surface area contributed by atoms with Crippen molar-refractivity contribution in [3.63, 3.8) is 0 Å². The summed E-state index contributed by atoms with van der Waals surface area (Å²) < 4.78 is 31.7. The minimum absolute atomic E-state index is 0.716. The van der Waals surface area contributed by atoms with E-state index in [-0.39, 0.29) is 0 Å². The maximum absolute atomic E-state index is 10.6.